The van der Waals surface area contributed by atoms with Gasteiger partial charge in [-0.25, -0.2) is 4.68 Å². The van der Waals surface area contributed by atoms with Crippen molar-refractivity contribution in [2.45, 2.75) is 25.4 Å². The second kappa shape index (κ2) is 8.31. The number of fused-ring (bicyclic) bond motifs is 1. The molecule has 4 aromatic rings. The highest BCUT2D eigenvalue weighted by atomic mass is 16.6. The van der Waals surface area contributed by atoms with E-state index in [9.17, 15) is 14.9 Å². The van der Waals surface area contributed by atoms with Gasteiger partial charge in [-0.2, -0.15) is 10.1 Å². The summed E-state index contributed by atoms with van der Waals surface area (Å²) in [6.07, 6.45) is 2.03. The van der Waals surface area contributed by atoms with E-state index in [1.165, 1.54) is 24.5 Å². The predicted molar refractivity (Wildman–Crippen MR) is 123 cm³/mol. The molecular weight excluding hydrogens is 418 g/mol. The molecule has 5 rings (SSSR count). The quantitative estimate of drug-likeness (QED) is 0.334. The lowest BCUT2D eigenvalue weighted by atomic mass is 9.91. The summed E-state index contributed by atoms with van der Waals surface area (Å²) >= 11 is 0. The number of aromatic nitrogens is 3. The number of nitrogens with zero attached hydrogens (tertiary/aromatic N) is 5. The smallest absolute Gasteiger partial charge is 0.269 e. The predicted octanol–water partition coefficient (Wildman–Crippen LogP) is 4.88. The van der Waals surface area contributed by atoms with Crippen molar-refractivity contribution in [2.75, 3.05) is 4.90 Å². The van der Waals surface area contributed by atoms with Crippen LogP contribution in [0.3, 0.4) is 0 Å². The Labute approximate surface area is 190 Å². The lowest BCUT2D eigenvalue weighted by Gasteiger charge is -2.39. The van der Waals surface area contributed by atoms with Gasteiger partial charge >= 0.3 is 0 Å². The van der Waals surface area contributed by atoms with Gasteiger partial charge < -0.3 is 0 Å². The molecule has 3 aromatic carbocycles. The van der Waals surface area contributed by atoms with E-state index in [0.29, 0.717) is 12.4 Å². The van der Waals surface area contributed by atoms with Crippen LogP contribution < -0.4 is 4.90 Å². The Bertz CT molecular complexity index is 1320. The number of anilines is 1. The molecule has 0 fully saturated rings. The van der Waals surface area contributed by atoms with Crippen LogP contribution in [0.2, 0.25) is 0 Å². The zero-order valence-corrected chi connectivity index (χ0v) is 17.9. The Morgan fingerprint density at radius 3 is 2.42 bits per heavy atom. The highest BCUT2D eigenvalue weighted by Gasteiger charge is 2.39. The highest BCUT2D eigenvalue weighted by molar-refractivity contribution is 6.06. The number of nitro groups is 1. The molecule has 8 nitrogen and oxygen atoms in total. The molecule has 0 saturated heterocycles. The van der Waals surface area contributed by atoms with E-state index in [2.05, 4.69) is 10.1 Å². The second-order valence-corrected chi connectivity index (χ2v) is 8.08. The molecule has 2 heterocycles. The van der Waals surface area contributed by atoms with Gasteiger partial charge in [-0.05, 0) is 30.5 Å². The van der Waals surface area contributed by atoms with E-state index in [0.717, 1.165) is 16.7 Å². The first-order valence-corrected chi connectivity index (χ1v) is 10.6. The van der Waals surface area contributed by atoms with Gasteiger partial charge in [-0.3, -0.25) is 19.8 Å². The van der Waals surface area contributed by atoms with Gasteiger partial charge in [0.1, 0.15) is 6.33 Å². The van der Waals surface area contributed by atoms with Gasteiger partial charge in [0.05, 0.1) is 17.0 Å². The number of carbonyl (C=O) groups is 1. The fourth-order valence-electron chi connectivity index (χ4n) is 4.34. The summed E-state index contributed by atoms with van der Waals surface area (Å²) in [5.41, 5.74) is 3.26. The minimum atomic E-state index is -0.502. The monoisotopic (exact) mass is 439 g/mol. The number of aryl methyl sites for hydroxylation is 1. The second-order valence-electron chi connectivity index (χ2n) is 8.08. The lowest BCUT2D eigenvalue weighted by molar-refractivity contribution is -0.384. The number of carbonyl (C=O) groups excluding carboxylic acids is 1. The maximum absolute atomic E-state index is 13.8. The number of rotatable bonds is 4. The Morgan fingerprint density at radius 1 is 0.970 bits per heavy atom. The number of amides is 1. The van der Waals surface area contributed by atoms with Crippen LogP contribution in [-0.2, 0) is 0 Å². The first-order chi connectivity index (χ1) is 16.0. The molecule has 8 heteroatoms. The van der Waals surface area contributed by atoms with E-state index in [-0.39, 0.29) is 29.2 Å². The number of nitro benzene ring substituents is 1. The third-order valence-corrected chi connectivity index (χ3v) is 5.99. The summed E-state index contributed by atoms with van der Waals surface area (Å²) < 4.78 is 1.76. The maximum atomic E-state index is 13.8. The fourth-order valence-corrected chi connectivity index (χ4v) is 4.34. The molecule has 0 N–H and O–H groups in total. The minimum Gasteiger partial charge on any atom is -0.269 e. The van der Waals surface area contributed by atoms with Gasteiger partial charge in [0.2, 0.25) is 5.95 Å². The summed E-state index contributed by atoms with van der Waals surface area (Å²) in [6.45, 7) is 2.01. The first kappa shape index (κ1) is 20.6. The SMILES string of the molecule is Cc1ccc([C@H]2C[C@H](c3ccccc3)n3ncnc3N2C(=O)c2cccc([N+](=O)[O-])c2)cc1. The summed E-state index contributed by atoms with van der Waals surface area (Å²) in [5.74, 6) is 0.0576. The van der Waals surface area contributed by atoms with Crippen molar-refractivity contribution in [2.24, 2.45) is 0 Å². The molecule has 0 radical (unpaired) electrons. The normalized spacial score (nSPS) is 17.4. The Kier molecular flexibility index (Phi) is 5.18. The fraction of sp³-hybridized carbons (Fsp3) is 0.160. The van der Waals surface area contributed by atoms with Crippen LogP contribution in [0.15, 0.2) is 85.2 Å². The highest BCUT2D eigenvalue weighted by Crippen LogP contribution is 2.42. The van der Waals surface area contributed by atoms with E-state index >= 15 is 0 Å². The van der Waals surface area contributed by atoms with Crippen LogP contribution in [0.1, 0.15) is 45.6 Å². The lowest BCUT2D eigenvalue weighted by Crippen LogP contribution is -2.42. The average Bonchev–Trinajstić information content (AvgIpc) is 3.33. The van der Waals surface area contributed by atoms with Crippen LogP contribution in [0.25, 0.3) is 0 Å². The summed E-state index contributed by atoms with van der Waals surface area (Å²) in [6, 6.07) is 23.4. The molecule has 164 valence electrons. The van der Waals surface area contributed by atoms with Gasteiger partial charge in [0.15, 0.2) is 0 Å². The van der Waals surface area contributed by atoms with Gasteiger partial charge in [-0.15, -0.1) is 0 Å². The number of hydrogen-bond acceptors (Lipinski definition) is 5. The molecule has 33 heavy (non-hydrogen) atoms. The van der Waals surface area contributed by atoms with Gasteiger partial charge in [0.25, 0.3) is 11.6 Å². The first-order valence-electron chi connectivity index (χ1n) is 10.6. The number of hydrogen-bond donors (Lipinski definition) is 0. The standard InChI is InChI=1S/C25H21N5O3/c1-17-10-12-19(13-11-17)22-15-23(18-6-3-2-4-7-18)29-25(26-16-27-29)28(22)24(31)20-8-5-9-21(14-20)30(32)33/h2-14,16,22-23H,15H2,1H3/t22-,23-/m1/s1. The molecule has 1 aliphatic heterocycles. The molecule has 1 aliphatic rings. The van der Waals surface area contributed by atoms with Crippen molar-refractivity contribution in [3.05, 3.63) is 118 Å². The molecule has 2 atom stereocenters. The number of non-ortho nitro benzene ring substituents is 1. The molecule has 0 bridgehead atoms. The van der Waals surface area contributed by atoms with Crippen LogP contribution >= 0.6 is 0 Å². The third-order valence-electron chi connectivity index (χ3n) is 5.99. The zero-order valence-electron chi connectivity index (χ0n) is 17.9. The number of benzene rings is 3. The van der Waals surface area contributed by atoms with Crippen molar-refractivity contribution < 1.29 is 9.72 Å². The third kappa shape index (κ3) is 3.76. The van der Waals surface area contributed by atoms with Crippen molar-refractivity contribution in [1.29, 1.82) is 0 Å². The molecule has 1 aromatic heterocycles. The maximum Gasteiger partial charge on any atom is 0.270 e. The molecular formula is C25H21N5O3. The molecule has 0 spiro atoms. The van der Waals surface area contributed by atoms with Crippen molar-refractivity contribution in [3.63, 3.8) is 0 Å². The van der Waals surface area contributed by atoms with E-state index < -0.39 is 4.92 Å². The topological polar surface area (TPSA) is 94.2 Å². The van der Waals surface area contributed by atoms with Crippen molar-refractivity contribution in [3.8, 4) is 0 Å². The van der Waals surface area contributed by atoms with Crippen LogP contribution in [0.5, 0.6) is 0 Å². The summed E-state index contributed by atoms with van der Waals surface area (Å²) in [4.78, 5) is 30.6. The van der Waals surface area contributed by atoms with Crippen LogP contribution in [0.4, 0.5) is 11.6 Å². The van der Waals surface area contributed by atoms with Crippen molar-refractivity contribution in [1.82, 2.24) is 14.8 Å². The molecule has 1 amide bonds. The summed E-state index contributed by atoms with van der Waals surface area (Å²) in [5, 5.41) is 15.7. The minimum absolute atomic E-state index is 0.107. The van der Waals surface area contributed by atoms with Gasteiger partial charge in [0, 0.05) is 17.7 Å². The Morgan fingerprint density at radius 2 is 1.70 bits per heavy atom. The van der Waals surface area contributed by atoms with Crippen molar-refractivity contribution >= 4 is 17.5 Å². The Hall–Kier alpha value is -4.33. The summed E-state index contributed by atoms with van der Waals surface area (Å²) in [7, 11) is 0. The van der Waals surface area contributed by atoms with Gasteiger partial charge in [-0.1, -0.05) is 66.2 Å². The molecule has 0 unspecified atom stereocenters. The molecule has 0 aliphatic carbocycles. The molecule has 0 saturated carbocycles. The average molecular weight is 439 g/mol. The van der Waals surface area contributed by atoms with E-state index in [1.807, 2.05) is 61.5 Å². The largest absolute Gasteiger partial charge is 0.270 e. The zero-order chi connectivity index (χ0) is 22.9. The van der Waals surface area contributed by atoms with E-state index in [4.69, 9.17) is 0 Å². The van der Waals surface area contributed by atoms with Crippen LogP contribution in [0, 0.1) is 17.0 Å². The Balaban J connectivity index is 1.64. The van der Waals surface area contributed by atoms with E-state index in [1.54, 1.807) is 15.6 Å². The van der Waals surface area contributed by atoms with Crippen LogP contribution in [-0.4, -0.2) is 25.6 Å².